The van der Waals surface area contributed by atoms with E-state index in [2.05, 4.69) is 15.6 Å². The Labute approximate surface area is 144 Å². The summed E-state index contributed by atoms with van der Waals surface area (Å²) in [7, 11) is 1.29. The predicted molar refractivity (Wildman–Crippen MR) is 85.1 cm³/mol. The van der Waals surface area contributed by atoms with Crippen molar-refractivity contribution in [3.63, 3.8) is 0 Å². The van der Waals surface area contributed by atoms with E-state index in [-0.39, 0.29) is 36.8 Å². The average Bonchev–Trinajstić information content (AvgIpc) is 3.04. The van der Waals surface area contributed by atoms with Crippen molar-refractivity contribution in [3.05, 3.63) is 35.4 Å². The molecule has 0 spiro atoms. The van der Waals surface area contributed by atoms with Crippen molar-refractivity contribution < 1.29 is 23.1 Å². The summed E-state index contributed by atoms with van der Waals surface area (Å²) in [5, 5.41) is 0. The summed E-state index contributed by atoms with van der Waals surface area (Å²) in [4.78, 5) is 25.2. The molecular weight excluding hydrogens is 332 g/mol. The SMILES string of the molecule is COC(=O)CCC(=O)N1CCC2NNC(c3ccc(F)c(F)c3)C2C1. The highest BCUT2D eigenvalue weighted by atomic mass is 19.2. The molecule has 2 aliphatic heterocycles. The highest BCUT2D eigenvalue weighted by Gasteiger charge is 2.41. The van der Waals surface area contributed by atoms with Gasteiger partial charge >= 0.3 is 5.97 Å². The minimum atomic E-state index is -0.885. The first-order valence-electron chi connectivity index (χ1n) is 8.30. The number of methoxy groups -OCH3 is 1. The number of piperidine rings is 1. The number of amides is 1. The first-order chi connectivity index (χ1) is 12.0. The van der Waals surface area contributed by atoms with E-state index in [9.17, 15) is 18.4 Å². The Morgan fingerprint density at radius 2 is 2.04 bits per heavy atom. The molecule has 136 valence electrons. The molecule has 0 radical (unpaired) electrons. The van der Waals surface area contributed by atoms with E-state index < -0.39 is 17.6 Å². The number of esters is 1. The molecule has 0 aromatic heterocycles. The Bertz CT molecular complexity index is 671. The fourth-order valence-electron chi connectivity index (χ4n) is 3.53. The molecule has 25 heavy (non-hydrogen) atoms. The number of likely N-dealkylation sites (tertiary alicyclic amines) is 1. The van der Waals surface area contributed by atoms with Crippen LogP contribution in [0.3, 0.4) is 0 Å². The minimum Gasteiger partial charge on any atom is -0.469 e. The number of hydrogen-bond donors (Lipinski definition) is 2. The molecule has 0 aliphatic carbocycles. The molecule has 2 heterocycles. The molecule has 3 atom stereocenters. The number of fused-ring (bicyclic) bond motifs is 1. The lowest BCUT2D eigenvalue weighted by atomic mass is 9.85. The molecule has 3 rings (SSSR count). The summed E-state index contributed by atoms with van der Waals surface area (Å²) in [6, 6.07) is 3.80. The van der Waals surface area contributed by atoms with Crippen LogP contribution in [0.4, 0.5) is 8.78 Å². The molecule has 1 amide bonds. The Morgan fingerprint density at radius 3 is 2.76 bits per heavy atom. The minimum absolute atomic E-state index is 0.0423. The standard InChI is InChI=1S/C17H21F2N3O3/c1-25-16(24)5-4-15(23)22-7-6-14-11(9-22)17(21-20-14)10-2-3-12(18)13(19)8-10/h2-3,8,11,14,17,20-21H,4-7,9H2,1H3. The van der Waals surface area contributed by atoms with Gasteiger partial charge in [-0.1, -0.05) is 6.07 Å². The van der Waals surface area contributed by atoms with Gasteiger partial charge in [0.05, 0.1) is 19.6 Å². The maximum absolute atomic E-state index is 13.5. The molecule has 3 unspecified atom stereocenters. The van der Waals surface area contributed by atoms with Crippen molar-refractivity contribution in [1.29, 1.82) is 0 Å². The zero-order valence-electron chi connectivity index (χ0n) is 13.9. The van der Waals surface area contributed by atoms with Gasteiger partial charge in [0.2, 0.25) is 5.91 Å². The normalized spacial score (nSPS) is 25.6. The number of hydrazine groups is 1. The van der Waals surface area contributed by atoms with Gasteiger partial charge in [0.15, 0.2) is 11.6 Å². The predicted octanol–water partition coefficient (Wildman–Crippen LogP) is 1.28. The highest BCUT2D eigenvalue weighted by molar-refractivity contribution is 5.81. The maximum Gasteiger partial charge on any atom is 0.306 e. The summed E-state index contributed by atoms with van der Waals surface area (Å²) in [6.45, 7) is 1.09. The van der Waals surface area contributed by atoms with E-state index in [0.29, 0.717) is 18.7 Å². The van der Waals surface area contributed by atoms with Crippen LogP contribution < -0.4 is 10.9 Å². The van der Waals surface area contributed by atoms with Gasteiger partial charge in [-0.3, -0.25) is 15.0 Å². The van der Waals surface area contributed by atoms with Gasteiger partial charge in [-0.2, -0.15) is 0 Å². The number of halogens is 2. The molecule has 0 bridgehead atoms. The quantitative estimate of drug-likeness (QED) is 0.798. The molecular formula is C17H21F2N3O3. The fourth-order valence-corrected chi connectivity index (χ4v) is 3.53. The van der Waals surface area contributed by atoms with E-state index >= 15 is 0 Å². The average molecular weight is 353 g/mol. The maximum atomic E-state index is 13.5. The summed E-state index contributed by atoms with van der Waals surface area (Å²) in [5.41, 5.74) is 6.95. The number of hydrogen-bond acceptors (Lipinski definition) is 5. The second-order valence-corrected chi connectivity index (χ2v) is 6.41. The van der Waals surface area contributed by atoms with Crippen molar-refractivity contribution in [1.82, 2.24) is 15.8 Å². The van der Waals surface area contributed by atoms with E-state index in [0.717, 1.165) is 12.5 Å². The zero-order chi connectivity index (χ0) is 18.0. The number of nitrogens with zero attached hydrogens (tertiary/aromatic N) is 1. The van der Waals surface area contributed by atoms with Crippen LogP contribution in [0.2, 0.25) is 0 Å². The number of benzene rings is 1. The van der Waals surface area contributed by atoms with Crippen molar-refractivity contribution in [2.24, 2.45) is 5.92 Å². The van der Waals surface area contributed by atoms with Gasteiger partial charge in [0, 0.05) is 31.5 Å². The molecule has 2 fully saturated rings. The first-order valence-corrected chi connectivity index (χ1v) is 8.30. The second kappa shape index (κ2) is 7.45. The molecule has 6 nitrogen and oxygen atoms in total. The molecule has 1 aromatic rings. The summed E-state index contributed by atoms with van der Waals surface area (Å²) < 4.78 is 31.3. The Hall–Kier alpha value is -2.06. The van der Waals surface area contributed by atoms with Crippen LogP contribution >= 0.6 is 0 Å². The monoisotopic (exact) mass is 353 g/mol. The Balaban J connectivity index is 1.67. The van der Waals surface area contributed by atoms with E-state index in [1.807, 2.05) is 0 Å². The summed E-state index contributed by atoms with van der Waals surface area (Å²) in [5.74, 6) is -2.23. The smallest absolute Gasteiger partial charge is 0.306 e. The number of nitrogens with one attached hydrogen (secondary N) is 2. The van der Waals surface area contributed by atoms with Crippen LogP contribution in [0.15, 0.2) is 18.2 Å². The Kier molecular flexibility index (Phi) is 5.29. The number of ether oxygens (including phenoxy) is 1. The van der Waals surface area contributed by atoms with Gasteiger partial charge in [0.25, 0.3) is 0 Å². The summed E-state index contributed by atoms with van der Waals surface area (Å²) in [6.07, 6.45) is 0.922. The van der Waals surface area contributed by atoms with Crippen molar-refractivity contribution in [3.8, 4) is 0 Å². The molecule has 2 saturated heterocycles. The zero-order valence-corrected chi connectivity index (χ0v) is 13.9. The van der Waals surface area contributed by atoms with Crippen LogP contribution in [0.5, 0.6) is 0 Å². The molecule has 8 heteroatoms. The van der Waals surface area contributed by atoms with E-state index in [4.69, 9.17) is 0 Å². The van der Waals surface area contributed by atoms with Crippen LogP contribution in [-0.2, 0) is 14.3 Å². The molecule has 1 aromatic carbocycles. The van der Waals surface area contributed by atoms with Gasteiger partial charge < -0.3 is 9.64 Å². The third-order valence-corrected chi connectivity index (χ3v) is 4.94. The van der Waals surface area contributed by atoms with Crippen LogP contribution in [-0.4, -0.2) is 43.0 Å². The van der Waals surface area contributed by atoms with Gasteiger partial charge in [0.1, 0.15) is 0 Å². The van der Waals surface area contributed by atoms with Gasteiger partial charge in [-0.25, -0.2) is 14.2 Å². The molecule has 2 aliphatic rings. The van der Waals surface area contributed by atoms with Gasteiger partial charge in [-0.05, 0) is 24.1 Å². The Morgan fingerprint density at radius 1 is 1.24 bits per heavy atom. The fraction of sp³-hybridized carbons (Fsp3) is 0.529. The lowest BCUT2D eigenvalue weighted by Gasteiger charge is -2.36. The third-order valence-electron chi connectivity index (χ3n) is 4.94. The topological polar surface area (TPSA) is 70.7 Å². The number of rotatable bonds is 4. The highest BCUT2D eigenvalue weighted by Crippen LogP contribution is 2.34. The number of carbonyl (C=O) groups excluding carboxylic acids is 2. The first kappa shape index (κ1) is 17.8. The lowest BCUT2D eigenvalue weighted by molar-refractivity contribution is -0.144. The second-order valence-electron chi connectivity index (χ2n) is 6.41. The van der Waals surface area contributed by atoms with Crippen molar-refractivity contribution in [2.75, 3.05) is 20.2 Å². The lowest BCUT2D eigenvalue weighted by Crippen LogP contribution is -2.47. The molecule has 2 N–H and O–H groups in total. The van der Waals surface area contributed by atoms with Gasteiger partial charge in [-0.15, -0.1) is 0 Å². The van der Waals surface area contributed by atoms with E-state index in [1.54, 1.807) is 11.0 Å². The van der Waals surface area contributed by atoms with Crippen LogP contribution in [0.1, 0.15) is 30.9 Å². The molecule has 0 saturated carbocycles. The van der Waals surface area contributed by atoms with E-state index in [1.165, 1.54) is 13.2 Å². The van der Waals surface area contributed by atoms with Crippen molar-refractivity contribution in [2.45, 2.75) is 31.3 Å². The number of carbonyl (C=O) groups is 2. The third kappa shape index (κ3) is 3.80. The summed E-state index contributed by atoms with van der Waals surface area (Å²) >= 11 is 0. The van der Waals surface area contributed by atoms with Crippen LogP contribution in [0.25, 0.3) is 0 Å². The van der Waals surface area contributed by atoms with Crippen molar-refractivity contribution >= 4 is 11.9 Å². The van der Waals surface area contributed by atoms with Crippen LogP contribution in [0, 0.1) is 17.6 Å². The largest absolute Gasteiger partial charge is 0.469 e.